The highest BCUT2D eigenvalue weighted by Gasteiger charge is 2.28. The molecule has 0 N–H and O–H groups in total. The molecule has 1 aliphatic carbocycles. The second kappa shape index (κ2) is 6.48. The number of aromatic nitrogens is 1. The lowest BCUT2D eigenvalue weighted by molar-refractivity contribution is -0.138. The third-order valence-electron chi connectivity index (χ3n) is 4.93. The number of ether oxygens (including phenoxy) is 2. The van der Waals surface area contributed by atoms with Gasteiger partial charge in [-0.05, 0) is 44.9 Å². The van der Waals surface area contributed by atoms with E-state index in [0.717, 1.165) is 35.5 Å². The van der Waals surface area contributed by atoms with E-state index < -0.39 is 5.97 Å². The summed E-state index contributed by atoms with van der Waals surface area (Å²) in [5, 5.41) is 0. The molecule has 1 aromatic heterocycles. The van der Waals surface area contributed by atoms with Crippen LogP contribution in [0, 0.1) is 13.8 Å². The quantitative estimate of drug-likeness (QED) is 0.610. The molecule has 0 spiro atoms. The minimum absolute atomic E-state index is 0.153. The summed E-state index contributed by atoms with van der Waals surface area (Å²) >= 11 is 0. The number of hydrogen-bond acceptors (Lipinski definition) is 4. The van der Waals surface area contributed by atoms with Crippen LogP contribution in [0.15, 0.2) is 35.9 Å². The van der Waals surface area contributed by atoms with Gasteiger partial charge in [0.1, 0.15) is 12.4 Å². The van der Waals surface area contributed by atoms with E-state index in [1.165, 1.54) is 0 Å². The number of nitrogens with zero attached hydrogens (tertiary/aromatic N) is 1. The predicted molar refractivity (Wildman–Crippen MR) is 97.4 cm³/mol. The lowest BCUT2D eigenvalue weighted by Gasteiger charge is -2.16. The summed E-state index contributed by atoms with van der Waals surface area (Å²) in [6.45, 7) is 3.86. The maximum Gasteiger partial charge on any atom is 0.337 e. The summed E-state index contributed by atoms with van der Waals surface area (Å²) < 4.78 is 13.0. The first kappa shape index (κ1) is 16.6. The Bertz CT molecular complexity index is 918. The topological polar surface area (TPSA) is 57.5 Å². The average molecular weight is 351 g/mol. The molecule has 1 aromatic carbocycles. The number of aryl methyl sites for hydroxylation is 1. The molecule has 0 radical (unpaired) electrons. The van der Waals surface area contributed by atoms with Crippen LogP contribution in [0.25, 0.3) is 6.08 Å². The van der Waals surface area contributed by atoms with Crippen LogP contribution >= 0.6 is 0 Å². The Balaban J connectivity index is 1.43. The lowest BCUT2D eigenvalue weighted by Crippen LogP contribution is -2.20. The molecular weight excluding hydrogens is 330 g/mol. The smallest absolute Gasteiger partial charge is 0.337 e. The van der Waals surface area contributed by atoms with Gasteiger partial charge in [-0.2, -0.15) is 0 Å². The van der Waals surface area contributed by atoms with E-state index in [-0.39, 0.29) is 19.0 Å². The van der Waals surface area contributed by atoms with Crippen molar-refractivity contribution in [3.05, 3.63) is 58.4 Å². The number of fused-ring (bicyclic) bond motifs is 1. The minimum atomic E-state index is -0.510. The van der Waals surface area contributed by atoms with Gasteiger partial charge in [0.05, 0.1) is 5.57 Å². The van der Waals surface area contributed by atoms with Crippen LogP contribution in [0.2, 0.25) is 0 Å². The number of hydrogen-bond donors (Lipinski definition) is 0. The first-order valence-corrected chi connectivity index (χ1v) is 8.85. The molecule has 0 unspecified atom stereocenters. The van der Waals surface area contributed by atoms with Crippen molar-refractivity contribution < 1.29 is 19.1 Å². The second-order valence-electron chi connectivity index (χ2n) is 6.88. The van der Waals surface area contributed by atoms with Crippen LogP contribution in [-0.4, -0.2) is 29.5 Å². The third-order valence-corrected chi connectivity index (χ3v) is 4.93. The Morgan fingerprint density at radius 3 is 2.77 bits per heavy atom. The number of esters is 1. The summed E-state index contributed by atoms with van der Waals surface area (Å²) in [5.41, 5.74) is 3.94. The molecule has 2 aliphatic rings. The van der Waals surface area contributed by atoms with Gasteiger partial charge >= 0.3 is 5.97 Å². The van der Waals surface area contributed by atoms with Crippen molar-refractivity contribution in [2.75, 3.05) is 13.2 Å². The molecule has 0 atom stereocenters. The van der Waals surface area contributed by atoms with Gasteiger partial charge < -0.3 is 14.0 Å². The van der Waals surface area contributed by atoms with Crippen molar-refractivity contribution in [1.82, 2.24) is 4.57 Å². The van der Waals surface area contributed by atoms with Crippen molar-refractivity contribution in [3.8, 4) is 5.75 Å². The van der Waals surface area contributed by atoms with Crippen molar-refractivity contribution in [2.45, 2.75) is 32.7 Å². The molecule has 1 fully saturated rings. The van der Waals surface area contributed by atoms with Gasteiger partial charge in [-0.15, -0.1) is 0 Å². The van der Waals surface area contributed by atoms with E-state index in [4.69, 9.17) is 9.47 Å². The van der Waals surface area contributed by atoms with Crippen LogP contribution < -0.4 is 4.74 Å². The average Bonchev–Trinajstić information content (AvgIpc) is 3.43. The monoisotopic (exact) mass is 351 g/mol. The van der Waals surface area contributed by atoms with Crippen LogP contribution in [0.4, 0.5) is 0 Å². The fourth-order valence-corrected chi connectivity index (χ4v) is 3.49. The second-order valence-corrected chi connectivity index (χ2v) is 6.88. The Morgan fingerprint density at radius 1 is 1.23 bits per heavy atom. The largest absolute Gasteiger partial charge is 0.488 e. The normalized spacial score (nSPS) is 15.7. The molecule has 1 saturated carbocycles. The molecule has 4 rings (SSSR count). The van der Waals surface area contributed by atoms with Gasteiger partial charge in [0, 0.05) is 28.6 Å². The summed E-state index contributed by atoms with van der Waals surface area (Å²) in [6, 6.07) is 9.90. The van der Waals surface area contributed by atoms with E-state index in [2.05, 4.69) is 4.57 Å². The maximum absolute atomic E-state index is 12.5. The predicted octanol–water partition coefficient (Wildman–Crippen LogP) is 3.64. The Kier molecular flexibility index (Phi) is 4.15. The van der Waals surface area contributed by atoms with E-state index in [1.807, 2.05) is 44.2 Å². The van der Waals surface area contributed by atoms with Gasteiger partial charge in [0.15, 0.2) is 6.61 Å². The first-order valence-electron chi connectivity index (χ1n) is 8.85. The standard InChI is InChI=1S/C21H21NO4/c1-13-9-18(14(2)22(13)17-7-8-17)19(23)12-26-21(24)16-10-15-5-3-4-6-20(15)25-11-16/h3-6,9-10,17H,7-8,11-12H2,1-2H3. The van der Waals surface area contributed by atoms with Crippen LogP contribution in [0.5, 0.6) is 5.75 Å². The molecule has 1 aliphatic heterocycles. The summed E-state index contributed by atoms with van der Waals surface area (Å²) in [5.74, 6) is 0.0626. The SMILES string of the molecule is Cc1cc(C(=O)COC(=O)C2=Cc3ccccc3OC2)c(C)n1C1CC1. The highest BCUT2D eigenvalue weighted by molar-refractivity contribution is 6.01. The number of benzene rings is 1. The molecule has 0 bridgehead atoms. The van der Waals surface area contributed by atoms with E-state index in [9.17, 15) is 9.59 Å². The summed E-state index contributed by atoms with van der Waals surface area (Å²) in [4.78, 5) is 24.8. The van der Waals surface area contributed by atoms with Crippen molar-refractivity contribution in [1.29, 1.82) is 0 Å². The van der Waals surface area contributed by atoms with E-state index in [0.29, 0.717) is 17.2 Å². The Morgan fingerprint density at radius 2 is 2.00 bits per heavy atom. The highest BCUT2D eigenvalue weighted by atomic mass is 16.5. The molecule has 5 nitrogen and oxygen atoms in total. The van der Waals surface area contributed by atoms with Crippen LogP contribution in [0.3, 0.4) is 0 Å². The van der Waals surface area contributed by atoms with Gasteiger partial charge in [-0.1, -0.05) is 18.2 Å². The molecule has 2 aromatic rings. The van der Waals surface area contributed by atoms with Crippen LogP contribution in [0.1, 0.15) is 46.2 Å². The molecule has 0 saturated heterocycles. The zero-order chi connectivity index (χ0) is 18.3. The van der Waals surface area contributed by atoms with Gasteiger partial charge in [0.2, 0.25) is 5.78 Å². The Labute approximate surface area is 152 Å². The summed E-state index contributed by atoms with van der Waals surface area (Å²) in [6.07, 6.45) is 4.08. The summed E-state index contributed by atoms with van der Waals surface area (Å²) in [7, 11) is 0. The number of rotatable bonds is 5. The van der Waals surface area contributed by atoms with Gasteiger partial charge in [-0.25, -0.2) is 4.79 Å². The first-order chi connectivity index (χ1) is 12.5. The number of para-hydroxylation sites is 1. The number of carbonyl (C=O) groups excluding carboxylic acids is 2. The fraction of sp³-hybridized carbons (Fsp3) is 0.333. The van der Waals surface area contributed by atoms with Gasteiger partial charge in [-0.3, -0.25) is 4.79 Å². The fourth-order valence-electron chi connectivity index (χ4n) is 3.49. The maximum atomic E-state index is 12.5. The third kappa shape index (κ3) is 3.05. The van der Waals surface area contributed by atoms with E-state index in [1.54, 1.807) is 6.08 Å². The highest BCUT2D eigenvalue weighted by Crippen LogP contribution is 2.38. The number of carbonyl (C=O) groups is 2. The van der Waals surface area contributed by atoms with Gasteiger partial charge in [0.25, 0.3) is 0 Å². The zero-order valence-electron chi connectivity index (χ0n) is 15.0. The molecule has 5 heteroatoms. The molecule has 0 amide bonds. The van der Waals surface area contributed by atoms with Crippen LogP contribution in [-0.2, 0) is 9.53 Å². The van der Waals surface area contributed by atoms with E-state index >= 15 is 0 Å². The van der Waals surface area contributed by atoms with Crippen molar-refractivity contribution >= 4 is 17.8 Å². The molecular formula is C21H21NO4. The number of ketones is 1. The molecule has 2 heterocycles. The Hall–Kier alpha value is -2.82. The van der Waals surface area contributed by atoms with Crippen molar-refractivity contribution in [3.63, 3.8) is 0 Å². The van der Waals surface area contributed by atoms with Crippen molar-refractivity contribution in [2.24, 2.45) is 0 Å². The lowest BCUT2D eigenvalue weighted by atomic mass is 10.1. The zero-order valence-corrected chi connectivity index (χ0v) is 15.0. The number of Topliss-reactive ketones (excluding diaryl/α,β-unsaturated/α-hetero) is 1. The molecule has 26 heavy (non-hydrogen) atoms. The molecule has 134 valence electrons. The minimum Gasteiger partial charge on any atom is -0.488 e.